The normalized spacial score (nSPS) is 24.3. The summed E-state index contributed by atoms with van der Waals surface area (Å²) in [5.74, 6) is 0.594. The number of amides is 1. The molecule has 0 saturated carbocycles. The molecule has 1 amide bonds. The van der Waals surface area contributed by atoms with Crippen molar-refractivity contribution in [1.82, 2.24) is 4.90 Å². The molecule has 0 spiro atoms. The number of carbonyl (C=O) groups excluding carboxylic acids is 2. The number of benzene rings is 1. The molecule has 1 aromatic carbocycles. The highest BCUT2D eigenvalue weighted by molar-refractivity contribution is 8.14. The Morgan fingerprint density at radius 2 is 1.93 bits per heavy atom. The lowest BCUT2D eigenvalue weighted by Gasteiger charge is -2.43. The predicted molar refractivity (Wildman–Crippen MR) is 102 cm³/mol. The van der Waals surface area contributed by atoms with Gasteiger partial charge in [0.1, 0.15) is 0 Å². The quantitative estimate of drug-likeness (QED) is 0.573. The standard InChI is InChI=1S/C19H19N3O4S/c1-19(2)9-13-16(14(23)10-19)17(11-3-5-12(6-4-11)22(25)26)21-15(24)7-8-27-18(21)20-13/h3-6,17H,7-10H2,1-2H3/t17-/m1/s1. The van der Waals surface area contributed by atoms with Crippen LogP contribution in [-0.2, 0) is 9.59 Å². The molecule has 140 valence electrons. The Hall–Kier alpha value is -2.48. The average molecular weight is 385 g/mol. The van der Waals surface area contributed by atoms with E-state index < -0.39 is 11.0 Å². The second kappa shape index (κ2) is 6.30. The molecule has 8 heteroatoms. The van der Waals surface area contributed by atoms with E-state index in [1.54, 1.807) is 17.0 Å². The lowest BCUT2D eigenvalue weighted by atomic mass is 9.73. The van der Waals surface area contributed by atoms with E-state index in [2.05, 4.69) is 4.99 Å². The molecule has 7 nitrogen and oxygen atoms in total. The lowest BCUT2D eigenvalue weighted by Crippen LogP contribution is -2.47. The molecular formula is C19H19N3O4S. The van der Waals surface area contributed by atoms with Crippen LogP contribution in [0.4, 0.5) is 5.69 Å². The largest absolute Gasteiger partial charge is 0.294 e. The van der Waals surface area contributed by atoms with E-state index in [0.29, 0.717) is 41.3 Å². The smallest absolute Gasteiger partial charge is 0.269 e. The zero-order chi connectivity index (χ0) is 19.3. The maximum Gasteiger partial charge on any atom is 0.269 e. The summed E-state index contributed by atoms with van der Waals surface area (Å²) in [5.41, 5.74) is 1.80. The molecule has 4 rings (SSSR count). The van der Waals surface area contributed by atoms with Crippen molar-refractivity contribution < 1.29 is 14.5 Å². The van der Waals surface area contributed by atoms with E-state index in [0.717, 1.165) is 5.70 Å². The molecule has 0 bridgehead atoms. The molecule has 1 fully saturated rings. The third-order valence-corrected chi connectivity index (χ3v) is 6.05. The maximum absolute atomic E-state index is 13.0. The first-order valence-corrected chi connectivity index (χ1v) is 9.79. The summed E-state index contributed by atoms with van der Waals surface area (Å²) in [6.45, 7) is 4.09. The van der Waals surface area contributed by atoms with Crippen molar-refractivity contribution in [1.29, 1.82) is 0 Å². The van der Waals surface area contributed by atoms with Gasteiger partial charge in [-0.3, -0.25) is 24.6 Å². The number of rotatable bonds is 2. The van der Waals surface area contributed by atoms with Gasteiger partial charge in [-0.15, -0.1) is 0 Å². The van der Waals surface area contributed by atoms with Crippen LogP contribution in [0.1, 0.15) is 44.7 Å². The van der Waals surface area contributed by atoms with Gasteiger partial charge >= 0.3 is 0 Å². The van der Waals surface area contributed by atoms with Gasteiger partial charge < -0.3 is 0 Å². The number of carbonyl (C=O) groups is 2. The molecule has 27 heavy (non-hydrogen) atoms. The van der Waals surface area contributed by atoms with Gasteiger partial charge in [0.05, 0.1) is 16.7 Å². The number of fused-ring (bicyclic) bond motifs is 1. The van der Waals surface area contributed by atoms with E-state index in [1.165, 1.54) is 23.9 Å². The van der Waals surface area contributed by atoms with Gasteiger partial charge in [-0.25, -0.2) is 4.99 Å². The van der Waals surface area contributed by atoms with Gasteiger partial charge in [0.25, 0.3) is 5.69 Å². The molecule has 1 aromatic rings. The van der Waals surface area contributed by atoms with Crippen LogP contribution in [0.3, 0.4) is 0 Å². The van der Waals surface area contributed by atoms with Crippen molar-refractivity contribution in [2.75, 3.05) is 5.75 Å². The second-order valence-corrected chi connectivity index (χ2v) is 8.87. The maximum atomic E-state index is 13.0. The van der Waals surface area contributed by atoms with E-state index in [4.69, 9.17) is 0 Å². The summed E-state index contributed by atoms with van der Waals surface area (Å²) < 4.78 is 0. The Labute approximate surface area is 160 Å². The number of non-ortho nitro benzene ring substituents is 1. The molecule has 2 aliphatic heterocycles. The number of nitro benzene ring substituents is 1. The summed E-state index contributed by atoms with van der Waals surface area (Å²) in [6.07, 6.45) is 1.45. The van der Waals surface area contributed by atoms with Crippen LogP contribution in [0.25, 0.3) is 0 Å². The van der Waals surface area contributed by atoms with Crippen molar-refractivity contribution in [3.8, 4) is 0 Å². The van der Waals surface area contributed by atoms with E-state index in [-0.39, 0.29) is 22.8 Å². The molecule has 1 saturated heterocycles. The topological polar surface area (TPSA) is 92.9 Å². The first-order valence-electron chi connectivity index (χ1n) is 8.81. The highest BCUT2D eigenvalue weighted by atomic mass is 32.2. The zero-order valence-electron chi connectivity index (χ0n) is 15.1. The van der Waals surface area contributed by atoms with E-state index in [9.17, 15) is 19.7 Å². The molecule has 1 aliphatic carbocycles. The fourth-order valence-corrected chi connectivity index (χ4v) is 4.90. The van der Waals surface area contributed by atoms with Gasteiger partial charge in [-0.05, 0) is 29.5 Å². The highest BCUT2D eigenvalue weighted by Gasteiger charge is 2.45. The second-order valence-electron chi connectivity index (χ2n) is 7.81. The summed E-state index contributed by atoms with van der Waals surface area (Å²) in [6, 6.07) is 5.54. The Morgan fingerprint density at radius 1 is 1.22 bits per heavy atom. The summed E-state index contributed by atoms with van der Waals surface area (Å²) >= 11 is 1.52. The lowest BCUT2D eigenvalue weighted by molar-refractivity contribution is -0.384. The minimum atomic E-state index is -0.558. The molecule has 2 heterocycles. The van der Waals surface area contributed by atoms with Gasteiger partial charge in [0.2, 0.25) is 5.91 Å². The number of nitro groups is 1. The third-order valence-electron chi connectivity index (χ3n) is 5.10. The van der Waals surface area contributed by atoms with E-state index >= 15 is 0 Å². The van der Waals surface area contributed by atoms with Crippen molar-refractivity contribution in [2.45, 2.75) is 39.2 Å². The van der Waals surface area contributed by atoms with Crippen LogP contribution in [-0.4, -0.2) is 32.4 Å². The number of Topliss-reactive ketones (excluding diaryl/α,β-unsaturated/α-hetero) is 1. The summed E-state index contributed by atoms with van der Waals surface area (Å²) in [4.78, 5) is 42.5. The molecule has 0 radical (unpaired) electrons. The van der Waals surface area contributed by atoms with Gasteiger partial charge in [-0.1, -0.05) is 25.6 Å². The van der Waals surface area contributed by atoms with Crippen LogP contribution < -0.4 is 0 Å². The number of hydrogen-bond donors (Lipinski definition) is 0. The monoisotopic (exact) mass is 385 g/mol. The molecular weight excluding hydrogens is 366 g/mol. The van der Waals surface area contributed by atoms with Gasteiger partial charge in [0.15, 0.2) is 11.0 Å². The van der Waals surface area contributed by atoms with Crippen LogP contribution in [0.2, 0.25) is 0 Å². The van der Waals surface area contributed by atoms with Crippen LogP contribution in [0.15, 0.2) is 40.5 Å². The average Bonchev–Trinajstić information content (AvgIpc) is 2.59. The Bertz CT molecular complexity index is 917. The molecule has 0 unspecified atom stereocenters. The fourth-order valence-electron chi connectivity index (χ4n) is 3.92. The SMILES string of the molecule is CC1(C)CC(=O)C2=C(C1)N=C1SCCC(=O)N1[C@@H]2c1ccc([N+](=O)[O-])cc1. The van der Waals surface area contributed by atoms with Gasteiger partial charge in [-0.2, -0.15) is 0 Å². The highest BCUT2D eigenvalue weighted by Crippen LogP contribution is 2.47. The molecule has 3 aliphatic rings. The Balaban J connectivity index is 1.86. The molecule has 0 aromatic heterocycles. The number of amidine groups is 1. The fraction of sp³-hybridized carbons (Fsp3) is 0.421. The first kappa shape index (κ1) is 17.9. The van der Waals surface area contributed by atoms with Gasteiger partial charge in [0, 0.05) is 36.3 Å². The number of aliphatic imine (C=N–C) groups is 1. The first-order chi connectivity index (χ1) is 12.8. The van der Waals surface area contributed by atoms with Crippen molar-refractivity contribution in [3.63, 3.8) is 0 Å². The van der Waals surface area contributed by atoms with E-state index in [1.807, 2.05) is 13.8 Å². The minimum Gasteiger partial charge on any atom is -0.294 e. The van der Waals surface area contributed by atoms with Crippen molar-refractivity contribution in [2.24, 2.45) is 10.4 Å². The Kier molecular flexibility index (Phi) is 4.18. The van der Waals surface area contributed by atoms with Crippen molar-refractivity contribution in [3.05, 3.63) is 51.2 Å². The molecule has 1 atom stereocenters. The summed E-state index contributed by atoms with van der Waals surface area (Å²) in [5, 5.41) is 11.6. The third kappa shape index (κ3) is 3.07. The zero-order valence-corrected chi connectivity index (χ0v) is 15.9. The minimum absolute atomic E-state index is 0.00391. The number of allylic oxidation sites excluding steroid dienone is 1. The number of ketones is 1. The number of hydrogen-bond acceptors (Lipinski definition) is 6. The van der Waals surface area contributed by atoms with Crippen LogP contribution >= 0.6 is 11.8 Å². The van der Waals surface area contributed by atoms with Crippen LogP contribution in [0, 0.1) is 15.5 Å². The summed E-state index contributed by atoms with van der Waals surface area (Å²) in [7, 11) is 0. The number of thioether (sulfide) groups is 1. The van der Waals surface area contributed by atoms with Crippen LogP contribution in [0.5, 0.6) is 0 Å². The predicted octanol–water partition coefficient (Wildman–Crippen LogP) is 3.61. The Morgan fingerprint density at radius 3 is 2.59 bits per heavy atom. The number of nitrogens with zero attached hydrogens (tertiary/aromatic N) is 3. The molecule has 0 N–H and O–H groups in total. The van der Waals surface area contributed by atoms with Crippen molar-refractivity contribution >= 4 is 34.3 Å².